The highest BCUT2D eigenvalue weighted by Crippen LogP contribution is 2.16. The van der Waals surface area contributed by atoms with Crippen LogP contribution in [0.2, 0.25) is 0 Å². The molecule has 0 N–H and O–H groups in total. The summed E-state index contributed by atoms with van der Waals surface area (Å²) in [7, 11) is 0. The Morgan fingerprint density at radius 2 is 2.31 bits per heavy atom. The molecule has 1 heterocycles. The molecule has 1 saturated heterocycles. The summed E-state index contributed by atoms with van der Waals surface area (Å²) in [6, 6.07) is 6.18. The maximum Gasteiger partial charge on any atom is 0.222 e. The molecule has 1 fully saturated rings. The van der Waals surface area contributed by atoms with Gasteiger partial charge in [0, 0.05) is 19.5 Å². The molecular formula is C12H11FN2O. The van der Waals surface area contributed by atoms with Crippen LogP contribution in [0.15, 0.2) is 18.2 Å². The third-order valence-electron chi connectivity index (χ3n) is 2.70. The van der Waals surface area contributed by atoms with Gasteiger partial charge in [0.25, 0.3) is 0 Å². The van der Waals surface area contributed by atoms with E-state index in [9.17, 15) is 9.18 Å². The van der Waals surface area contributed by atoms with E-state index in [1.165, 1.54) is 12.1 Å². The van der Waals surface area contributed by atoms with Gasteiger partial charge in [0.05, 0.1) is 5.56 Å². The lowest BCUT2D eigenvalue weighted by atomic mass is 10.1. The van der Waals surface area contributed by atoms with Gasteiger partial charge in [-0.3, -0.25) is 4.79 Å². The first kappa shape index (κ1) is 10.6. The van der Waals surface area contributed by atoms with Crippen LogP contribution in [0.3, 0.4) is 0 Å². The predicted molar refractivity (Wildman–Crippen MR) is 55.8 cm³/mol. The molecule has 0 aliphatic carbocycles. The van der Waals surface area contributed by atoms with Gasteiger partial charge in [-0.15, -0.1) is 0 Å². The first-order valence-corrected chi connectivity index (χ1v) is 5.17. The average molecular weight is 218 g/mol. The number of carbonyl (C=O) groups is 1. The Morgan fingerprint density at radius 1 is 1.50 bits per heavy atom. The van der Waals surface area contributed by atoms with Crippen LogP contribution in [0.5, 0.6) is 0 Å². The Morgan fingerprint density at radius 3 is 2.94 bits per heavy atom. The summed E-state index contributed by atoms with van der Waals surface area (Å²) in [6.45, 7) is 1.21. The van der Waals surface area contributed by atoms with Crippen molar-refractivity contribution in [2.24, 2.45) is 0 Å². The molecule has 4 heteroatoms. The summed E-state index contributed by atoms with van der Waals surface area (Å²) in [6.07, 6.45) is 1.47. The highest BCUT2D eigenvalue weighted by atomic mass is 19.1. The van der Waals surface area contributed by atoms with E-state index in [1.807, 2.05) is 0 Å². The van der Waals surface area contributed by atoms with Crippen molar-refractivity contribution in [1.29, 1.82) is 5.26 Å². The zero-order valence-electron chi connectivity index (χ0n) is 8.74. The Hall–Kier alpha value is -1.89. The lowest BCUT2D eigenvalue weighted by Gasteiger charge is -2.15. The molecule has 16 heavy (non-hydrogen) atoms. The fraction of sp³-hybridized carbons (Fsp3) is 0.333. The van der Waals surface area contributed by atoms with Crippen molar-refractivity contribution in [2.75, 3.05) is 6.54 Å². The number of likely N-dealkylation sites (tertiary alicyclic amines) is 1. The molecule has 1 aliphatic heterocycles. The van der Waals surface area contributed by atoms with Crippen molar-refractivity contribution in [3.8, 4) is 6.07 Å². The van der Waals surface area contributed by atoms with E-state index in [-0.39, 0.29) is 11.5 Å². The van der Waals surface area contributed by atoms with Gasteiger partial charge in [0.15, 0.2) is 0 Å². The zero-order valence-corrected chi connectivity index (χ0v) is 8.74. The molecule has 1 amide bonds. The first-order valence-electron chi connectivity index (χ1n) is 5.17. The Kier molecular flexibility index (Phi) is 2.86. The topological polar surface area (TPSA) is 44.1 Å². The van der Waals surface area contributed by atoms with Gasteiger partial charge in [-0.05, 0) is 24.1 Å². The predicted octanol–water partition coefficient (Wildman–Crippen LogP) is 1.82. The minimum absolute atomic E-state index is 0.0316. The number of benzene rings is 1. The third-order valence-corrected chi connectivity index (χ3v) is 2.70. The second-order valence-corrected chi connectivity index (χ2v) is 3.84. The summed E-state index contributed by atoms with van der Waals surface area (Å²) in [4.78, 5) is 13.1. The molecule has 0 unspecified atom stereocenters. The van der Waals surface area contributed by atoms with Crippen molar-refractivity contribution in [3.63, 3.8) is 0 Å². The minimum atomic E-state index is -0.515. The molecule has 1 aromatic rings. The third kappa shape index (κ3) is 2.03. The van der Waals surface area contributed by atoms with E-state index in [0.29, 0.717) is 13.0 Å². The smallest absolute Gasteiger partial charge is 0.222 e. The molecule has 0 atom stereocenters. The van der Waals surface area contributed by atoms with E-state index in [4.69, 9.17) is 5.26 Å². The molecule has 3 nitrogen and oxygen atoms in total. The van der Waals surface area contributed by atoms with Gasteiger partial charge in [0.1, 0.15) is 11.9 Å². The Balaban J connectivity index is 2.16. The summed E-state index contributed by atoms with van der Waals surface area (Å²) >= 11 is 0. The number of nitrogens with zero attached hydrogens (tertiary/aromatic N) is 2. The number of rotatable bonds is 2. The second kappa shape index (κ2) is 4.31. The molecule has 0 aromatic heterocycles. The van der Waals surface area contributed by atoms with E-state index in [0.717, 1.165) is 18.5 Å². The minimum Gasteiger partial charge on any atom is -0.338 e. The van der Waals surface area contributed by atoms with Crippen molar-refractivity contribution < 1.29 is 9.18 Å². The molecule has 0 spiro atoms. The number of nitriles is 1. The summed E-state index contributed by atoms with van der Waals surface area (Å²) in [5.74, 6) is -0.387. The summed E-state index contributed by atoms with van der Waals surface area (Å²) < 4.78 is 13.1. The van der Waals surface area contributed by atoms with Crippen LogP contribution >= 0.6 is 0 Å². The largest absolute Gasteiger partial charge is 0.338 e. The molecule has 0 bridgehead atoms. The zero-order chi connectivity index (χ0) is 11.5. The van der Waals surface area contributed by atoms with Gasteiger partial charge in [-0.1, -0.05) is 6.07 Å². The lowest BCUT2D eigenvalue weighted by Crippen LogP contribution is -2.23. The number of hydrogen-bond donors (Lipinski definition) is 0. The SMILES string of the molecule is N#Cc1cc(CN2CCCC2=O)ccc1F. The number of hydrogen-bond acceptors (Lipinski definition) is 2. The van der Waals surface area contributed by atoms with Crippen LogP contribution in [0.1, 0.15) is 24.0 Å². The van der Waals surface area contributed by atoms with Crippen molar-refractivity contribution >= 4 is 5.91 Å². The standard InChI is InChI=1S/C12H11FN2O/c13-11-4-3-9(6-10(11)7-14)8-15-5-1-2-12(15)16/h3-4,6H,1-2,5,8H2. The lowest BCUT2D eigenvalue weighted by molar-refractivity contribution is -0.128. The maximum atomic E-state index is 13.1. The second-order valence-electron chi connectivity index (χ2n) is 3.84. The number of amides is 1. The van der Waals surface area contributed by atoms with Crippen LogP contribution in [0.4, 0.5) is 4.39 Å². The van der Waals surface area contributed by atoms with Crippen LogP contribution in [-0.2, 0) is 11.3 Å². The Labute approximate surface area is 93.1 Å². The van der Waals surface area contributed by atoms with E-state index in [1.54, 1.807) is 17.0 Å². The monoisotopic (exact) mass is 218 g/mol. The molecular weight excluding hydrogens is 207 g/mol. The van der Waals surface area contributed by atoms with Crippen LogP contribution in [0, 0.1) is 17.1 Å². The first-order chi connectivity index (χ1) is 7.70. The van der Waals surface area contributed by atoms with E-state index < -0.39 is 5.82 Å². The quantitative estimate of drug-likeness (QED) is 0.760. The normalized spacial score (nSPS) is 15.2. The molecule has 82 valence electrons. The van der Waals surface area contributed by atoms with Crippen molar-refractivity contribution in [1.82, 2.24) is 4.90 Å². The van der Waals surface area contributed by atoms with Crippen molar-refractivity contribution in [2.45, 2.75) is 19.4 Å². The van der Waals surface area contributed by atoms with Gasteiger partial charge < -0.3 is 4.90 Å². The summed E-state index contributed by atoms with van der Waals surface area (Å²) in [5, 5.41) is 8.69. The van der Waals surface area contributed by atoms with Crippen LogP contribution < -0.4 is 0 Å². The summed E-state index contributed by atoms with van der Waals surface area (Å²) in [5.41, 5.74) is 0.831. The molecule has 0 radical (unpaired) electrons. The molecule has 1 aromatic carbocycles. The van der Waals surface area contributed by atoms with Gasteiger partial charge in [-0.2, -0.15) is 5.26 Å². The molecule has 2 rings (SSSR count). The van der Waals surface area contributed by atoms with Gasteiger partial charge in [0.2, 0.25) is 5.91 Å². The fourth-order valence-electron chi connectivity index (χ4n) is 1.85. The van der Waals surface area contributed by atoms with Crippen LogP contribution in [-0.4, -0.2) is 17.4 Å². The number of halogens is 1. The number of carbonyl (C=O) groups excluding carboxylic acids is 1. The van der Waals surface area contributed by atoms with E-state index in [2.05, 4.69) is 0 Å². The van der Waals surface area contributed by atoms with Crippen molar-refractivity contribution in [3.05, 3.63) is 35.1 Å². The highest BCUT2D eigenvalue weighted by Gasteiger charge is 2.20. The molecule has 0 saturated carbocycles. The van der Waals surface area contributed by atoms with E-state index >= 15 is 0 Å². The fourth-order valence-corrected chi connectivity index (χ4v) is 1.85. The Bertz CT molecular complexity index is 465. The van der Waals surface area contributed by atoms with Gasteiger partial charge >= 0.3 is 0 Å². The molecule has 1 aliphatic rings. The average Bonchev–Trinajstić information content (AvgIpc) is 2.67. The van der Waals surface area contributed by atoms with Gasteiger partial charge in [-0.25, -0.2) is 4.39 Å². The maximum absolute atomic E-state index is 13.1. The highest BCUT2D eigenvalue weighted by molar-refractivity contribution is 5.78. The van der Waals surface area contributed by atoms with Crippen LogP contribution in [0.25, 0.3) is 0 Å².